The van der Waals surface area contributed by atoms with Crippen LogP contribution in [0.2, 0.25) is 0 Å². The molecule has 0 unspecified atom stereocenters. The van der Waals surface area contributed by atoms with Gasteiger partial charge in [0.2, 0.25) is 0 Å². The van der Waals surface area contributed by atoms with E-state index in [1.165, 1.54) is 42.5 Å². The fourth-order valence-electron chi connectivity index (χ4n) is 4.32. The second kappa shape index (κ2) is 29.1. The molecule has 0 spiro atoms. The summed E-state index contributed by atoms with van der Waals surface area (Å²) in [6.45, 7) is -0.914. The number of fused-ring (bicyclic) bond motifs is 1. The SMILES string of the molecule is Nc1ccc2c(O)c(N=Nc3ccc(S(=O)(=O)CCOSOO[O-])cc3S(=O)(=O)[O-])c(SOO[O-])cc2c1N=Nc1cccc(S(=O)(=O)CCOSOO[O-])c1.[Na+].[Na+].[Na+].[Na+]. The molecular weight excluding hydrogens is 971 g/mol. The van der Waals surface area contributed by atoms with E-state index in [4.69, 9.17) is 9.92 Å². The molecule has 0 saturated heterocycles. The molecule has 0 aliphatic heterocycles. The van der Waals surface area contributed by atoms with Crippen LogP contribution in [0.25, 0.3) is 10.8 Å². The third-order valence-electron chi connectivity index (χ3n) is 6.73. The Balaban J connectivity index is 0.00000870. The monoisotopic (exact) mass is 991 g/mol. The van der Waals surface area contributed by atoms with Crippen LogP contribution in [0, 0.1) is 0 Å². The molecule has 4 aromatic carbocycles. The smallest absolute Gasteiger partial charge is 0.744 e. The van der Waals surface area contributed by atoms with Crippen molar-refractivity contribution in [3.8, 4) is 5.75 Å². The first-order valence-electron chi connectivity index (χ1n) is 14.3. The molecule has 60 heavy (non-hydrogen) atoms. The third-order valence-corrected chi connectivity index (χ3v) is 12.3. The molecule has 0 atom stereocenters. The van der Waals surface area contributed by atoms with Gasteiger partial charge in [-0.15, -0.1) is 24.0 Å². The summed E-state index contributed by atoms with van der Waals surface area (Å²) in [6, 6.07) is 11.5. The van der Waals surface area contributed by atoms with Gasteiger partial charge >= 0.3 is 118 Å². The molecule has 0 saturated carbocycles. The van der Waals surface area contributed by atoms with Gasteiger partial charge < -0.3 is 31.2 Å². The summed E-state index contributed by atoms with van der Waals surface area (Å²) < 4.78 is 109. The fourth-order valence-corrected chi connectivity index (χ4v) is 8.39. The molecule has 24 nitrogen and oxygen atoms in total. The molecule has 0 aromatic heterocycles. The van der Waals surface area contributed by atoms with E-state index in [0.29, 0.717) is 6.07 Å². The minimum absolute atomic E-state index is 0. The van der Waals surface area contributed by atoms with E-state index in [9.17, 15) is 50.7 Å². The van der Waals surface area contributed by atoms with Gasteiger partial charge in [-0.1, -0.05) is 6.07 Å². The van der Waals surface area contributed by atoms with Crippen LogP contribution in [0.1, 0.15) is 0 Å². The standard InChI is InChI=1S/C26H25N5O19S6.4Na/c27-20-6-5-18-19(24(20)30-28-15-2-1-3-16(12-15)54(36,37)10-8-43-52-49-46-34)14-22(51-48-45-33)25(26(18)32)31-29-21-7-4-17(13-23(21)56(40,41)42)55(38,39)11-9-44-53-50-47-35;;;;/h1-7,12-14,32-35H,8-11,27H2,(H,40,41,42);;;;/q;4*+1/p-4. The zero-order chi connectivity index (χ0) is 40.9. The van der Waals surface area contributed by atoms with Crippen molar-refractivity contribution < 1.29 is 205 Å². The molecule has 0 aliphatic carbocycles. The van der Waals surface area contributed by atoms with Gasteiger partial charge in [-0.25, -0.2) is 25.3 Å². The molecule has 4 aromatic rings. The topological polar surface area (TPSA) is 364 Å². The number of phenols is 1. The minimum atomic E-state index is -5.40. The van der Waals surface area contributed by atoms with Crippen LogP contribution in [-0.4, -0.2) is 59.6 Å². The van der Waals surface area contributed by atoms with Crippen molar-refractivity contribution in [1.29, 1.82) is 0 Å². The first-order chi connectivity index (χ1) is 26.6. The summed E-state index contributed by atoms with van der Waals surface area (Å²) in [4.78, 5) is -2.12. The zero-order valence-corrected chi connectivity index (χ0v) is 44.1. The van der Waals surface area contributed by atoms with Crippen molar-refractivity contribution in [1.82, 2.24) is 0 Å². The van der Waals surface area contributed by atoms with Crippen LogP contribution in [-0.2, 0) is 66.3 Å². The molecule has 0 heterocycles. The fraction of sp³-hybridized carbons (Fsp3) is 0.154. The van der Waals surface area contributed by atoms with Crippen molar-refractivity contribution >= 4 is 106 Å². The normalized spacial score (nSPS) is 11.9. The van der Waals surface area contributed by atoms with Gasteiger partial charge in [-0.2, -0.15) is 9.45 Å². The Bertz CT molecular complexity index is 2420. The molecule has 0 aliphatic rings. The van der Waals surface area contributed by atoms with Gasteiger partial charge in [0, 0.05) is 10.8 Å². The van der Waals surface area contributed by atoms with E-state index in [0.717, 1.165) is 12.1 Å². The third kappa shape index (κ3) is 17.6. The predicted molar refractivity (Wildman–Crippen MR) is 183 cm³/mol. The summed E-state index contributed by atoms with van der Waals surface area (Å²) >= 11 is 0.389. The Hall–Kier alpha value is 0.360. The molecule has 0 bridgehead atoms. The number of nitrogens with two attached hydrogens (primary N) is 1. The van der Waals surface area contributed by atoms with E-state index in [1.807, 2.05) is 0 Å². The maximum Gasteiger partial charge on any atom is 1.00 e. The van der Waals surface area contributed by atoms with Crippen LogP contribution in [0.4, 0.5) is 28.4 Å². The summed E-state index contributed by atoms with van der Waals surface area (Å²) in [7, 11) is -13.6. The second-order valence-electron chi connectivity index (χ2n) is 10.1. The second-order valence-corrected chi connectivity index (χ2v) is 17.4. The number of nitrogens with zero attached hydrogens (tertiary/aromatic N) is 4. The number of hydrogen-bond donors (Lipinski definition) is 2. The number of anilines is 1. The summed E-state index contributed by atoms with van der Waals surface area (Å²) in [5, 5.41) is 67.0. The quantitative estimate of drug-likeness (QED) is 0.0108. The molecule has 0 radical (unpaired) electrons. The van der Waals surface area contributed by atoms with Gasteiger partial charge in [-0.05, 0) is 54.6 Å². The van der Waals surface area contributed by atoms with E-state index < -0.39 is 74.8 Å². The summed E-state index contributed by atoms with van der Waals surface area (Å²) in [5.74, 6) is -1.93. The van der Waals surface area contributed by atoms with Gasteiger partial charge in [-0.3, -0.25) is 23.5 Å². The summed E-state index contributed by atoms with van der Waals surface area (Å²) in [6.07, 6.45) is 0. The number of aromatic hydroxyl groups is 1. The van der Waals surface area contributed by atoms with Gasteiger partial charge in [0.1, 0.15) is 27.2 Å². The number of benzene rings is 4. The zero-order valence-electron chi connectivity index (χ0n) is 31.2. The van der Waals surface area contributed by atoms with Crippen LogP contribution < -0.4 is 140 Å². The van der Waals surface area contributed by atoms with Gasteiger partial charge in [0.15, 0.2) is 50.1 Å². The van der Waals surface area contributed by atoms with E-state index in [-0.39, 0.29) is 199 Å². The first-order valence-corrected chi connectivity index (χ1v) is 21.1. The Morgan fingerprint density at radius 1 is 0.650 bits per heavy atom. The van der Waals surface area contributed by atoms with Crippen molar-refractivity contribution in [2.24, 2.45) is 20.5 Å². The molecule has 4 rings (SSSR count). The molecule has 304 valence electrons. The van der Waals surface area contributed by atoms with Crippen molar-refractivity contribution in [3.05, 3.63) is 60.7 Å². The minimum Gasteiger partial charge on any atom is -0.744 e. The maximum atomic E-state index is 12.7. The van der Waals surface area contributed by atoms with Crippen LogP contribution in [0.3, 0.4) is 0 Å². The number of sulfone groups is 2. The first kappa shape index (κ1) is 60.4. The Morgan fingerprint density at radius 3 is 1.78 bits per heavy atom. The van der Waals surface area contributed by atoms with Crippen LogP contribution in [0.5, 0.6) is 5.75 Å². The predicted octanol–water partition coefficient (Wildman–Crippen LogP) is -9.74. The van der Waals surface area contributed by atoms with Gasteiger partial charge in [0.05, 0.1) is 67.7 Å². The Labute approximate surface area is 442 Å². The molecular formula is C26H21N5Na4O19S6. The van der Waals surface area contributed by atoms with Crippen LogP contribution >= 0.6 is 36.7 Å². The number of rotatable bonds is 22. The summed E-state index contributed by atoms with van der Waals surface area (Å²) in [5.41, 5.74) is 5.01. The van der Waals surface area contributed by atoms with E-state index in [1.54, 1.807) is 0 Å². The molecule has 34 heteroatoms. The number of hydrogen-bond acceptors (Lipinski definition) is 27. The van der Waals surface area contributed by atoms with Gasteiger partial charge in [0.25, 0.3) is 0 Å². The number of nitrogen functional groups attached to an aromatic ring is 1. The van der Waals surface area contributed by atoms with Crippen molar-refractivity contribution in [3.63, 3.8) is 0 Å². The average Bonchev–Trinajstić information content (AvgIpc) is 3.15. The van der Waals surface area contributed by atoms with Crippen molar-refractivity contribution in [2.45, 2.75) is 19.6 Å². The average molecular weight is 992 g/mol. The largest absolute Gasteiger partial charge is 1.00 e. The number of azo groups is 2. The molecule has 0 fully saturated rings. The van der Waals surface area contributed by atoms with Crippen LogP contribution in [0.15, 0.2) is 101 Å². The number of phenolic OH excluding ortho intramolecular Hbond substituents is 1. The molecule has 3 N–H and O–H groups in total. The van der Waals surface area contributed by atoms with E-state index >= 15 is 0 Å². The molecule has 0 amide bonds. The Kier molecular flexibility index (Phi) is 29.3. The maximum absolute atomic E-state index is 12.7. The Morgan fingerprint density at radius 2 is 1.22 bits per heavy atom. The van der Waals surface area contributed by atoms with Crippen molar-refractivity contribution in [2.75, 3.05) is 30.5 Å². The van der Waals surface area contributed by atoms with E-state index in [2.05, 4.69) is 52.8 Å².